The zero-order chi connectivity index (χ0) is 14.8. The predicted octanol–water partition coefficient (Wildman–Crippen LogP) is 2.26. The highest BCUT2D eigenvalue weighted by Crippen LogP contribution is 2.18. The molecule has 0 spiro atoms. The van der Waals surface area contributed by atoms with Crippen LogP contribution in [-0.2, 0) is 13.0 Å². The van der Waals surface area contributed by atoms with E-state index in [4.69, 9.17) is 0 Å². The Kier molecular flexibility index (Phi) is 3.82. The first-order valence-corrected chi connectivity index (χ1v) is 7.60. The van der Waals surface area contributed by atoms with Crippen molar-refractivity contribution in [2.24, 2.45) is 5.92 Å². The number of amides is 1. The Morgan fingerprint density at radius 1 is 1.48 bits per heavy atom. The van der Waals surface area contributed by atoms with Crippen molar-refractivity contribution in [3.63, 3.8) is 0 Å². The third-order valence-corrected chi connectivity index (χ3v) is 4.17. The lowest BCUT2D eigenvalue weighted by Crippen LogP contribution is -2.34. The molecule has 0 fully saturated rings. The molecule has 2 aromatic rings. The number of aromatic nitrogens is 3. The summed E-state index contributed by atoms with van der Waals surface area (Å²) in [6, 6.07) is 4.10. The van der Waals surface area contributed by atoms with Crippen LogP contribution in [0.3, 0.4) is 0 Å². The van der Waals surface area contributed by atoms with E-state index < -0.39 is 0 Å². The summed E-state index contributed by atoms with van der Waals surface area (Å²) < 4.78 is 4.20. The van der Waals surface area contributed by atoms with Crippen LogP contribution >= 0.6 is 0 Å². The van der Waals surface area contributed by atoms with Crippen LogP contribution in [0.2, 0.25) is 0 Å². The van der Waals surface area contributed by atoms with E-state index in [1.54, 1.807) is 0 Å². The number of nitrogens with one attached hydrogen (secondary N) is 1. The number of hydrogen-bond donors (Lipinski definition) is 1. The van der Waals surface area contributed by atoms with Gasteiger partial charge in [-0.2, -0.15) is 0 Å². The molecular formula is C16H22N4O. The lowest BCUT2D eigenvalue weighted by Gasteiger charge is -2.23. The molecule has 0 aliphatic carbocycles. The third kappa shape index (κ3) is 2.86. The summed E-state index contributed by atoms with van der Waals surface area (Å²) in [5.41, 5.74) is 0.738. The molecule has 1 aliphatic heterocycles. The second-order valence-electron chi connectivity index (χ2n) is 6.00. The second kappa shape index (κ2) is 5.76. The molecule has 2 aromatic heterocycles. The van der Waals surface area contributed by atoms with Crippen molar-refractivity contribution in [2.75, 3.05) is 6.54 Å². The van der Waals surface area contributed by atoms with Gasteiger partial charge in [-0.25, -0.2) is 4.98 Å². The molecule has 0 saturated heterocycles. The quantitative estimate of drug-likeness (QED) is 0.937. The summed E-state index contributed by atoms with van der Waals surface area (Å²) in [5, 5.41) is 3.08. The average molecular weight is 286 g/mol. The molecule has 0 saturated carbocycles. The zero-order valence-corrected chi connectivity index (χ0v) is 12.6. The van der Waals surface area contributed by atoms with Gasteiger partial charge < -0.3 is 14.5 Å². The van der Waals surface area contributed by atoms with Crippen LogP contribution in [0.1, 0.15) is 42.6 Å². The molecule has 0 radical (unpaired) electrons. The van der Waals surface area contributed by atoms with E-state index in [0.29, 0.717) is 12.0 Å². The Bertz CT molecular complexity index is 626. The van der Waals surface area contributed by atoms with E-state index in [-0.39, 0.29) is 5.91 Å². The van der Waals surface area contributed by atoms with E-state index in [1.807, 2.05) is 35.3 Å². The van der Waals surface area contributed by atoms with Crippen molar-refractivity contribution in [3.05, 3.63) is 42.2 Å². The van der Waals surface area contributed by atoms with Gasteiger partial charge in [0.05, 0.1) is 0 Å². The summed E-state index contributed by atoms with van der Waals surface area (Å²) in [4.78, 5) is 16.7. The van der Waals surface area contributed by atoms with Crippen LogP contribution in [-0.4, -0.2) is 26.6 Å². The van der Waals surface area contributed by atoms with Crippen molar-refractivity contribution in [1.82, 2.24) is 19.4 Å². The lowest BCUT2D eigenvalue weighted by atomic mass is 9.98. The lowest BCUT2D eigenvalue weighted by molar-refractivity contribution is 0.0934. The molecule has 0 aromatic carbocycles. The highest BCUT2D eigenvalue weighted by molar-refractivity contribution is 5.92. The molecule has 3 rings (SSSR count). The normalized spacial score (nSPS) is 17.8. The largest absolute Gasteiger partial charge is 0.350 e. The minimum absolute atomic E-state index is 0.0163. The summed E-state index contributed by atoms with van der Waals surface area (Å²) >= 11 is 0. The van der Waals surface area contributed by atoms with Crippen molar-refractivity contribution < 1.29 is 4.79 Å². The standard InChI is InChI=1S/C16H22N4O/c1-12(2)20-7-3-4-14(20)16(21)18-11-13-5-8-19-9-6-17-15(19)10-13/h3-4,6-7,9,12-13H,5,8,10-11H2,1-2H3,(H,18,21). The van der Waals surface area contributed by atoms with E-state index in [2.05, 4.69) is 28.7 Å². The SMILES string of the molecule is CC(C)n1cccc1C(=O)NCC1CCn2ccnc2C1. The molecule has 1 N–H and O–H groups in total. The van der Waals surface area contributed by atoms with Gasteiger partial charge in [0, 0.05) is 44.1 Å². The van der Waals surface area contributed by atoms with Gasteiger partial charge in [-0.15, -0.1) is 0 Å². The first kappa shape index (κ1) is 13.9. The van der Waals surface area contributed by atoms with Crippen LogP contribution in [0.25, 0.3) is 0 Å². The highest BCUT2D eigenvalue weighted by Gasteiger charge is 2.20. The molecule has 0 bridgehead atoms. The molecule has 112 valence electrons. The topological polar surface area (TPSA) is 51.9 Å². The maximum atomic E-state index is 12.3. The average Bonchev–Trinajstić information content (AvgIpc) is 3.12. The van der Waals surface area contributed by atoms with Gasteiger partial charge in [0.2, 0.25) is 0 Å². The van der Waals surface area contributed by atoms with Crippen LogP contribution in [0, 0.1) is 5.92 Å². The monoisotopic (exact) mass is 286 g/mol. The molecule has 1 atom stereocenters. The van der Waals surface area contributed by atoms with Crippen molar-refractivity contribution >= 4 is 5.91 Å². The van der Waals surface area contributed by atoms with Gasteiger partial charge in [-0.1, -0.05) is 0 Å². The number of hydrogen-bond acceptors (Lipinski definition) is 2. The zero-order valence-electron chi connectivity index (χ0n) is 12.6. The Balaban J connectivity index is 1.58. The van der Waals surface area contributed by atoms with Gasteiger partial charge in [-0.3, -0.25) is 4.79 Å². The minimum atomic E-state index is 0.0163. The molecule has 1 aliphatic rings. The van der Waals surface area contributed by atoms with Crippen molar-refractivity contribution in [1.29, 1.82) is 0 Å². The van der Waals surface area contributed by atoms with Crippen LogP contribution in [0.15, 0.2) is 30.7 Å². The van der Waals surface area contributed by atoms with Crippen molar-refractivity contribution in [2.45, 2.75) is 39.3 Å². The maximum absolute atomic E-state index is 12.3. The summed E-state index contributed by atoms with van der Waals surface area (Å²) in [5.74, 6) is 1.62. The second-order valence-corrected chi connectivity index (χ2v) is 6.00. The van der Waals surface area contributed by atoms with Gasteiger partial charge in [0.15, 0.2) is 0 Å². The highest BCUT2D eigenvalue weighted by atomic mass is 16.1. The summed E-state index contributed by atoms with van der Waals surface area (Å²) in [6.07, 6.45) is 7.87. The fraction of sp³-hybridized carbons (Fsp3) is 0.500. The molecule has 5 heteroatoms. The van der Waals surface area contributed by atoms with Crippen LogP contribution in [0.5, 0.6) is 0 Å². The Morgan fingerprint density at radius 3 is 3.14 bits per heavy atom. The fourth-order valence-corrected chi connectivity index (χ4v) is 2.95. The van der Waals surface area contributed by atoms with Gasteiger partial charge in [0.25, 0.3) is 5.91 Å². The van der Waals surface area contributed by atoms with E-state index in [1.165, 1.54) is 0 Å². The molecule has 1 amide bonds. The molecular weight excluding hydrogens is 264 g/mol. The Hall–Kier alpha value is -2.04. The van der Waals surface area contributed by atoms with Gasteiger partial charge in [-0.05, 0) is 38.3 Å². The van der Waals surface area contributed by atoms with Gasteiger partial charge in [0.1, 0.15) is 11.5 Å². The number of aryl methyl sites for hydroxylation is 1. The smallest absolute Gasteiger partial charge is 0.267 e. The molecule has 3 heterocycles. The summed E-state index contributed by atoms with van der Waals surface area (Å²) in [7, 11) is 0. The Morgan fingerprint density at radius 2 is 2.33 bits per heavy atom. The minimum Gasteiger partial charge on any atom is -0.350 e. The predicted molar refractivity (Wildman–Crippen MR) is 81.2 cm³/mol. The maximum Gasteiger partial charge on any atom is 0.267 e. The van der Waals surface area contributed by atoms with Crippen molar-refractivity contribution in [3.8, 4) is 0 Å². The number of rotatable bonds is 4. The van der Waals surface area contributed by atoms with Crippen LogP contribution in [0.4, 0.5) is 0 Å². The number of carbonyl (C=O) groups is 1. The third-order valence-electron chi connectivity index (χ3n) is 4.17. The molecule has 1 unspecified atom stereocenters. The molecule has 5 nitrogen and oxygen atoms in total. The number of imidazole rings is 1. The van der Waals surface area contributed by atoms with E-state index >= 15 is 0 Å². The number of fused-ring (bicyclic) bond motifs is 1. The first-order valence-electron chi connectivity index (χ1n) is 7.60. The summed E-state index contributed by atoms with van der Waals surface area (Å²) in [6.45, 7) is 5.88. The van der Waals surface area contributed by atoms with Crippen LogP contribution < -0.4 is 5.32 Å². The van der Waals surface area contributed by atoms with E-state index in [9.17, 15) is 4.79 Å². The number of nitrogens with zero attached hydrogens (tertiary/aromatic N) is 3. The first-order chi connectivity index (χ1) is 10.1. The number of carbonyl (C=O) groups excluding carboxylic acids is 1. The van der Waals surface area contributed by atoms with E-state index in [0.717, 1.165) is 37.4 Å². The molecule has 21 heavy (non-hydrogen) atoms. The Labute approximate surface area is 125 Å². The van der Waals surface area contributed by atoms with Gasteiger partial charge >= 0.3 is 0 Å². The fourth-order valence-electron chi connectivity index (χ4n) is 2.95.